The van der Waals surface area contributed by atoms with Gasteiger partial charge in [-0.05, 0) is 42.5 Å². The van der Waals surface area contributed by atoms with E-state index in [0.29, 0.717) is 5.56 Å². The Morgan fingerprint density at radius 2 is 1.50 bits per heavy atom. The van der Waals surface area contributed by atoms with Crippen molar-refractivity contribution < 1.29 is 10.1 Å². The van der Waals surface area contributed by atoms with Gasteiger partial charge < -0.3 is 0 Å². The zero-order valence-electron chi connectivity index (χ0n) is 12.0. The molecule has 0 spiro atoms. The number of aryl methyl sites for hydroxylation is 3. The first-order valence-electron chi connectivity index (χ1n) is 6.71. The highest BCUT2D eigenvalue weighted by atomic mass is 16.8. The van der Waals surface area contributed by atoms with Crippen molar-refractivity contribution in [3.8, 4) is 0 Å². The van der Waals surface area contributed by atoms with Crippen molar-refractivity contribution in [3.05, 3.63) is 85.4 Å². The average Bonchev–Trinajstić information content (AvgIpc) is 2.48. The predicted molar refractivity (Wildman–Crippen MR) is 81.5 cm³/mol. The van der Waals surface area contributed by atoms with Crippen LogP contribution in [0.25, 0.3) is 0 Å². The second-order valence-electron chi connectivity index (χ2n) is 4.87. The molecule has 7 heteroatoms. The minimum atomic E-state index is -1.04. The lowest BCUT2D eigenvalue weighted by molar-refractivity contribution is -0.712. The largest absolute Gasteiger partial charge is 0.230 e. The van der Waals surface area contributed by atoms with Crippen LogP contribution in [0.1, 0.15) is 16.7 Å². The Bertz CT molecular complexity index is 674. The lowest BCUT2D eigenvalue weighted by Gasteiger charge is -2.09. The summed E-state index contributed by atoms with van der Waals surface area (Å²) in [4.78, 5) is 21.6. The molecule has 0 aliphatic heterocycles. The summed E-state index contributed by atoms with van der Waals surface area (Å²) in [5.41, 5.74) is 2.65. The normalized spacial score (nSPS) is 10.2. The van der Waals surface area contributed by atoms with Crippen molar-refractivity contribution in [1.82, 2.24) is 0 Å². The number of hydrogen-bond acceptors (Lipinski definition) is 4. The summed E-state index contributed by atoms with van der Waals surface area (Å²) >= 11 is 0. The van der Waals surface area contributed by atoms with E-state index in [1.165, 1.54) is 11.6 Å². The Morgan fingerprint density at radius 3 is 2.05 bits per heavy atom. The van der Waals surface area contributed by atoms with Crippen LogP contribution < -0.4 is 5.12 Å². The van der Waals surface area contributed by atoms with E-state index in [0.717, 1.165) is 18.4 Å². The molecule has 7 nitrogen and oxygen atoms in total. The van der Waals surface area contributed by atoms with Gasteiger partial charge in [0.1, 0.15) is 0 Å². The zero-order chi connectivity index (χ0) is 16.1. The molecule has 0 aliphatic carbocycles. The molecular weight excluding hydrogens is 286 g/mol. The second kappa shape index (κ2) is 6.66. The molecule has 114 valence electrons. The molecule has 0 saturated carbocycles. The van der Waals surface area contributed by atoms with E-state index in [2.05, 4.69) is 0 Å². The highest BCUT2D eigenvalue weighted by molar-refractivity contribution is 5.50. The van der Waals surface area contributed by atoms with Gasteiger partial charge in [0, 0.05) is 0 Å². The van der Waals surface area contributed by atoms with Crippen LogP contribution in [0.15, 0.2) is 48.5 Å². The summed E-state index contributed by atoms with van der Waals surface area (Å²) < 4.78 is 0. The lowest BCUT2D eigenvalue weighted by atomic mass is 10.0. The Balaban J connectivity index is 2.15. The average molecular weight is 301 g/mol. The third-order valence-corrected chi connectivity index (χ3v) is 3.33. The Labute approximate surface area is 127 Å². The van der Waals surface area contributed by atoms with E-state index in [4.69, 9.17) is 0 Å². The minimum Gasteiger partial charge on any atom is -0.230 e. The SMILES string of the molecule is Cc1cc(CCc2ccccc2)ccc1N([N+](=O)[O-])[N+](=O)[O-]. The number of nitrogens with zero attached hydrogens (tertiary/aromatic N) is 3. The topological polar surface area (TPSA) is 89.5 Å². The van der Waals surface area contributed by atoms with Crippen molar-refractivity contribution in [2.75, 3.05) is 5.12 Å². The van der Waals surface area contributed by atoms with E-state index in [1.54, 1.807) is 19.1 Å². The van der Waals surface area contributed by atoms with Crippen LogP contribution in [0.3, 0.4) is 0 Å². The van der Waals surface area contributed by atoms with Crippen molar-refractivity contribution in [3.63, 3.8) is 0 Å². The Kier molecular flexibility index (Phi) is 4.67. The van der Waals surface area contributed by atoms with E-state index in [-0.39, 0.29) is 10.8 Å². The summed E-state index contributed by atoms with van der Waals surface area (Å²) in [5.74, 6) is 0. The second-order valence-corrected chi connectivity index (χ2v) is 4.87. The van der Waals surface area contributed by atoms with Crippen molar-refractivity contribution >= 4 is 5.69 Å². The van der Waals surface area contributed by atoms with Gasteiger partial charge in [0.15, 0.2) is 10.8 Å². The van der Waals surface area contributed by atoms with Gasteiger partial charge in [-0.3, -0.25) is 0 Å². The summed E-state index contributed by atoms with van der Waals surface area (Å²) in [6.45, 7) is 1.63. The fourth-order valence-corrected chi connectivity index (χ4v) is 2.27. The maximum absolute atomic E-state index is 10.8. The quantitative estimate of drug-likeness (QED) is 0.604. The summed E-state index contributed by atoms with van der Waals surface area (Å²) in [6.07, 6.45) is 1.61. The van der Waals surface area contributed by atoms with Gasteiger partial charge in [0.2, 0.25) is 10.1 Å². The number of benzene rings is 2. The van der Waals surface area contributed by atoms with Crippen molar-refractivity contribution in [1.29, 1.82) is 0 Å². The predicted octanol–water partition coefficient (Wildman–Crippen LogP) is 2.97. The number of hydrogen-bond donors (Lipinski definition) is 0. The first-order valence-corrected chi connectivity index (χ1v) is 6.71. The van der Waals surface area contributed by atoms with Crippen LogP contribution in [-0.4, -0.2) is 10.1 Å². The van der Waals surface area contributed by atoms with Gasteiger partial charge >= 0.3 is 0 Å². The van der Waals surface area contributed by atoms with E-state index >= 15 is 0 Å². The van der Waals surface area contributed by atoms with Crippen molar-refractivity contribution in [2.24, 2.45) is 0 Å². The highest BCUT2D eigenvalue weighted by Gasteiger charge is 2.31. The standard InChI is InChI=1S/C15H15N3O4/c1-12-11-14(8-7-13-5-3-2-4-6-13)9-10-15(12)16(17(19)20)18(21)22/h2-6,9-11H,7-8H2,1H3. The molecule has 2 rings (SSSR count). The van der Waals surface area contributed by atoms with Crippen LogP contribution in [0.4, 0.5) is 5.69 Å². The number of rotatable bonds is 6. The molecule has 2 aromatic carbocycles. The maximum Gasteiger partial charge on any atom is 0.228 e. The van der Waals surface area contributed by atoms with Gasteiger partial charge in [-0.25, -0.2) is 20.2 Å². The van der Waals surface area contributed by atoms with E-state index < -0.39 is 10.1 Å². The third kappa shape index (κ3) is 3.57. The molecule has 22 heavy (non-hydrogen) atoms. The van der Waals surface area contributed by atoms with Gasteiger partial charge in [-0.1, -0.05) is 42.5 Å². The molecule has 2 aromatic rings. The minimum absolute atomic E-state index is 0.0292. The molecule has 0 atom stereocenters. The molecule has 0 N–H and O–H groups in total. The Morgan fingerprint density at radius 1 is 0.909 bits per heavy atom. The molecule has 0 aromatic heterocycles. The summed E-state index contributed by atoms with van der Waals surface area (Å²) in [5, 5.41) is 19.4. The van der Waals surface area contributed by atoms with Crippen LogP contribution in [0.5, 0.6) is 0 Å². The number of nitro groups is 2. The van der Waals surface area contributed by atoms with Crippen LogP contribution in [0.2, 0.25) is 0 Å². The number of hydrazine groups is 2. The summed E-state index contributed by atoms with van der Waals surface area (Å²) in [6, 6.07) is 14.8. The van der Waals surface area contributed by atoms with E-state index in [9.17, 15) is 20.2 Å². The molecule has 0 amide bonds. The van der Waals surface area contributed by atoms with E-state index in [1.807, 2.05) is 30.3 Å². The Hall–Kier alpha value is -2.96. The molecule has 0 radical (unpaired) electrons. The third-order valence-electron chi connectivity index (χ3n) is 3.33. The fraction of sp³-hybridized carbons (Fsp3) is 0.200. The monoisotopic (exact) mass is 301 g/mol. The van der Waals surface area contributed by atoms with Crippen molar-refractivity contribution in [2.45, 2.75) is 19.8 Å². The van der Waals surface area contributed by atoms with Gasteiger partial charge in [0.05, 0.1) is 0 Å². The van der Waals surface area contributed by atoms with Crippen LogP contribution >= 0.6 is 0 Å². The summed E-state index contributed by atoms with van der Waals surface area (Å²) in [7, 11) is 0. The first-order chi connectivity index (χ1) is 10.5. The zero-order valence-corrected chi connectivity index (χ0v) is 12.0. The van der Waals surface area contributed by atoms with Gasteiger partial charge in [0.25, 0.3) is 0 Å². The maximum atomic E-state index is 10.8. The molecule has 0 unspecified atom stereocenters. The van der Waals surface area contributed by atoms with Gasteiger partial charge in [-0.15, -0.1) is 0 Å². The molecule has 0 bridgehead atoms. The van der Waals surface area contributed by atoms with Crippen LogP contribution in [-0.2, 0) is 12.8 Å². The molecular formula is C15H15N3O4. The van der Waals surface area contributed by atoms with Gasteiger partial charge in [-0.2, -0.15) is 0 Å². The molecule has 0 heterocycles. The fourth-order valence-electron chi connectivity index (χ4n) is 2.27. The molecule has 0 aliphatic rings. The van der Waals surface area contributed by atoms with Crippen LogP contribution in [0, 0.1) is 27.2 Å². The number of anilines is 1. The molecule has 0 fully saturated rings. The smallest absolute Gasteiger partial charge is 0.228 e. The molecule has 0 saturated heterocycles. The first kappa shape index (κ1) is 15.4. The lowest BCUT2D eigenvalue weighted by Crippen LogP contribution is -2.36. The highest BCUT2D eigenvalue weighted by Crippen LogP contribution is 2.22.